The maximum absolute atomic E-state index is 11.7. The molecule has 2 aromatic heterocycles. The van der Waals surface area contributed by atoms with Gasteiger partial charge in [-0.2, -0.15) is 0 Å². The lowest BCUT2D eigenvalue weighted by Gasteiger charge is -2.02. The smallest absolute Gasteiger partial charge is 0.252 e. The van der Waals surface area contributed by atoms with Gasteiger partial charge in [0.2, 0.25) is 0 Å². The lowest BCUT2D eigenvalue weighted by molar-refractivity contribution is 0.0951. The van der Waals surface area contributed by atoms with Crippen molar-refractivity contribution in [3.8, 4) is 0 Å². The summed E-state index contributed by atoms with van der Waals surface area (Å²) in [6.45, 7) is 0.523. The molecule has 0 aliphatic carbocycles. The number of carbonyl (C=O) groups is 1. The van der Waals surface area contributed by atoms with Gasteiger partial charge in [-0.3, -0.25) is 9.78 Å². The molecule has 3 nitrogen and oxygen atoms in total. The SMILES string of the molecule is O=C(NCc1ccncc1)c1csc(Br)c1. The van der Waals surface area contributed by atoms with Crippen LogP contribution in [0.4, 0.5) is 0 Å². The van der Waals surface area contributed by atoms with E-state index in [1.165, 1.54) is 11.3 Å². The maximum atomic E-state index is 11.7. The van der Waals surface area contributed by atoms with Crippen LogP contribution in [0, 0.1) is 0 Å². The highest BCUT2D eigenvalue weighted by molar-refractivity contribution is 9.11. The minimum absolute atomic E-state index is 0.0567. The lowest BCUT2D eigenvalue weighted by Crippen LogP contribution is -2.22. The van der Waals surface area contributed by atoms with Crippen LogP contribution in [-0.4, -0.2) is 10.9 Å². The van der Waals surface area contributed by atoms with E-state index < -0.39 is 0 Å². The first-order chi connectivity index (χ1) is 7.75. The van der Waals surface area contributed by atoms with E-state index in [1.54, 1.807) is 12.4 Å². The largest absolute Gasteiger partial charge is 0.348 e. The number of pyridine rings is 1. The van der Waals surface area contributed by atoms with Crippen molar-refractivity contribution in [2.75, 3.05) is 0 Å². The van der Waals surface area contributed by atoms with E-state index >= 15 is 0 Å². The van der Waals surface area contributed by atoms with Gasteiger partial charge < -0.3 is 5.32 Å². The van der Waals surface area contributed by atoms with Crippen molar-refractivity contribution in [2.45, 2.75) is 6.54 Å². The van der Waals surface area contributed by atoms with Gasteiger partial charge in [-0.25, -0.2) is 0 Å². The zero-order chi connectivity index (χ0) is 11.4. The van der Waals surface area contributed by atoms with Gasteiger partial charge in [-0.05, 0) is 39.7 Å². The van der Waals surface area contributed by atoms with Crippen LogP contribution in [0.2, 0.25) is 0 Å². The molecule has 1 amide bonds. The van der Waals surface area contributed by atoms with Crippen molar-refractivity contribution in [2.24, 2.45) is 0 Å². The molecule has 82 valence electrons. The maximum Gasteiger partial charge on any atom is 0.252 e. The number of nitrogens with one attached hydrogen (secondary N) is 1. The molecule has 2 aromatic rings. The predicted molar refractivity (Wildman–Crippen MR) is 67.4 cm³/mol. The van der Waals surface area contributed by atoms with Crippen molar-refractivity contribution in [3.63, 3.8) is 0 Å². The second kappa shape index (κ2) is 5.23. The highest BCUT2D eigenvalue weighted by Crippen LogP contribution is 2.20. The predicted octanol–water partition coefficient (Wildman–Crippen LogP) is 2.84. The first-order valence-electron chi connectivity index (χ1n) is 4.67. The van der Waals surface area contributed by atoms with Crippen LogP contribution in [0.15, 0.2) is 39.8 Å². The molecular weight excluding hydrogens is 288 g/mol. The summed E-state index contributed by atoms with van der Waals surface area (Å²) in [5.41, 5.74) is 1.73. The Bertz CT molecular complexity index is 484. The van der Waals surface area contributed by atoms with Crippen LogP contribution in [0.5, 0.6) is 0 Å². The minimum Gasteiger partial charge on any atom is -0.348 e. The first kappa shape index (κ1) is 11.3. The second-order valence-electron chi connectivity index (χ2n) is 3.18. The Kier molecular flexibility index (Phi) is 3.69. The van der Waals surface area contributed by atoms with E-state index in [0.29, 0.717) is 12.1 Å². The molecule has 0 bridgehead atoms. The number of thiophene rings is 1. The number of carbonyl (C=O) groups excluding carboxylic acids is 1. The van der Waals surface area contributed by atoms with Crippen LogP contribution in [0.3, 0.4) is 0 Å². The number of amides is 1. The number of aromatic nitrogens is 1. The van der Waals surface area contributed by atoms with Crippen LogP contribution in [0.25, 0.3) is 0 Å². The van der Waals surface area contributed by atoms with Gasteiger partial charge in [0.1, 0.15) is 0 Å². The van der Waals surface area contributed by atoms with Gasteiger partial charge in [-0.15, -0.1) is 11.3 Å². The third kappa shape index (κ3) is 2.90. The molecule has 1 N–H and O–H groups in total. The van der Waals surface area contributed by atoms with Crippen LogP contribution in [0.1, 0.15) is 15.9 Å². The fourth-order valence-electron chi connectivity index (χ4n) is 1.21. The van der Waals surface area contributed by atoms with Crippen molar-refractivity contribution >= 4 is 33.2 Å². The van der Waals surface area contributed by atoms with E-state index in [1.807, 2.05) is 23.6 Å². The zero-order valence-electron chi connectivity index (χ0n) is 8.31. The van der Waals surface area contributed by atoms with Crippen LogP contribution in [-0.2, 0) is 6.54 Å². The van der Waals surface area contributed by atoms with Crippen molar-refractivity contribution in [1.82, 2.24) is 10.3 Å². The molecule has 2 rings (SSSR count). The quantitative estimate of drug-likeness (QED) is 0.946. The minimum atomic E-state index is -0.0567. The van der Waals surface area contributed by atoms with Crippen LogP contribution < -0.4 is 5.32 Å². The Morgan fingerprint density at radius 3 is 2.81 bits per heavy atom. The number of halogens is 1. The first-order valence-corrected chi connectivity index (χ1v) is 6.34. The summed E-state index contributed by atoms with van der Waals surface area (Å²) in [4.78, 5) is 15.6. The Morgan fingerprint density at radius 2 is 2.19 bits per heavy atom. The molecule has 0 aliphatic heterocycles. The molecular formula is C11H9BrN2OS. The van der Waals surface area contributed by atoms with Gasteiger partial charge in [-0.1, -0.05) is 0 Å². The summed E-state index contributed by atoms with van der Waals surface area (Å²) < 4.78 is 0.960. The molecule has 0 aromatic carbocycles. The summed E-state index contributed by atoms with van der Waals surface area (Å²) >= 11 is 4.83. The summed E-state index contributed by atoms with van der Waals surface area (Å²) in [6, 6.07) is 5.57. The highest BCUT2D eigenvalue weighted by atomic mass is 79.9. The van der Waals surface area contributed by atoms with Gasteiger partial charge in [0, 0.05) is 24.3 Å². The van der Waals surface area contributed by atoms with E-state index in [9.17, 15) is 4.79 Å². The molecule has 0 fully saturated rings. The third-order valence-electron chi connectivity index (χ3n) is 2.03. The Morgan fingerprint density at radius 1 is 1.44 bits per heavy atom. The molecule has 2 heterocycles. The average Bonchev–Trinajstić information content (AvgIpc) is 2.74. The Hall–Kier alpha value is -1.20. The standard InChI is InChI=1S/C11H9BrN2OS/c12-10-5-9(7-16-10)11(15)14-6-8-1-3-13-4-2-8/h1-5,7H,6H2,(H,14,15). The van der Waals surface area contributed by atoms with E-state index in [2.05, 4.69) is 26.2 Å². The van der Waals surface area contributed by atoms with Crippen molar-refractivity contribution in [3.05, 3.63) is 50.9 Å². The second-order valence-corrected chi connectivity index (χ2v) is 5.47. The number of nitrogens with zero attached hydrogens (tertiary/aromatic N) is 1. The van der Waals surface area contributed by atoms with Gasteiger partial charge in [0.25, 0.3) is 5.91 Å². The fraction of sp³-hybridized carbons (Fsp3) is 0.0909. The molecule has 0 radical (unpaired) electrons. The Labute approximate surface area is 106 Å². The monoisotopic (exact) mass is 296 g/mol. The van der Waals surface area contributed by atoms with Crippen LogP contribution >= 0.6 is 27.3 Å². The number of rotatable bonds is 3. The average molecular weight is 297 g/mol. The molecule has 0 atom stereocenters. The highest BCUT2D eigenvalue weighted by Gasteiger charge is 2.06. The van der Waals surface area contributed by atoms with Gasteiger partial charge >= 0.3 is 0 Å². The van der Waals surface area contributed by atoms with Crippen molar-refractivity contribution in [1.29, 1.82) is 0 Å². The van der Waals surface area contributed by atoms with Gasteiger partial charge in [0.05, 0.1) is 9.35 Å². The zero-order valence-corrected chi connectivity index (χ0v) is 10.7. The molecule has 0 unspecified atom stereocenters. The number of hydrogen-bond donors (Lipinski definition) is 1. The molecule has 0 aliphatic rings. The fourth-order valence-corrected chi connectivity index (χ4v) is 2.35. The van der Waals surface area contributed by atoms with Crippen molar-refractivity contribution < 1.29 is 4.79 Å². The third-order valence-corrected chi connectivity index (χ3v) is 3.54. The molecule has 0 saturated carbocycles. The summed E-state index contributed by atoms with van der Waals surface area (Å²) in [6.07, 6.45) is 3.42. The molecule has 5 heteroatoms. The molecule has 0 spiro atoms. The normalized spacial score (nSPS) is 10.1. The molecule has 16 heavy (non-hydrogen) atoms. The summed E-state index contributed by atoms with van der Waals surface area (Å²) in [7, 11) is 0. The van der Waals surface area contributed by atoms with E-state index in [0.717, 1.165) is 9.35 Å². The Balaban J connectivity index is 1.94. The molecule has 0 saturated heterocycles. The van der Waals surface area contributed by atoms with Gasteiger partial charge in [0.15, 0.2) is 0 Å². The summed E-state index contributed by atoms with van der Waals surface area (Å²) in [5.74, 6) is -0.0567. The topological polar surface area (TPSA) is 42.0 Å². The van der Waals surface area contributed by atoms with E-state index in [4.69, 9.17) is 0 Å². The number of hydrogen-bond acceptors (Lipinski definition) is 3. The van der Waals surface area contributed by atoms with E-state index in [-0.39, 0.29) is 5.91 Å². The lowest BCUT2D eigenvalue weighted by atomic mass is 10.2. The summed E-state index contributed by atoms with van der Waals surface area (Å²) in [5, 5.41) is 4.67.